The van der Waals surface area contributed by atoms with Gasteiger partial charge < -0.3 is 25.1 Å². The number of ether oxygens (including phenoxy) is 2. The van der Waals surface area contributed by atoms with Crippen LogP contribution >= 0.6 is 0 Å². The van der Waals surface area contributed by atoms with Gasteiger partial charge in [0.25, 0.3) is 11.5 Å². The molecule has 0 aliphatic heterocycles. The molecule has 5 rings (SSSR count). The summed E-state index contributed by atoms with van der Waals surface area (Å²) in [6.07, 6.45) is -3.39. The lowest BCUT2D eigenvalue weighted by Crippen LogP contribution is -2.19. The number of pyridine rings is 2. The minimum atomic E-state index is -4.90. The van der Waals surface area contributed by atoms with E-state index in [1.54, 1.807) is 30.3 Å². The molecular formula is C28H20F4N4O4. The van der Waals surface area contributed by atoms with Crippen molar-refractivity contribution in [3.63, 3.8) is 0 Å². The molecule has 40 heavy (non-hydrogen) atoms. The van der Waals surface area contributed by atoms with Crippen molar-refractivity contribution < 1.29 is 31.8 Å². The molecule has 3 aromatic carbocycles. The lowest BCUT2D eigenvalue weighted by atomic mass is 10.1. The Morgan fingerprint density at radius 3 is 2.20 bits per heavy atom. The van der Waals surface area contributed by atoms with Crippen LogP contribution < -0.4 is 25.7 Å². The summed E-state index contributed by atoms with van der Waals surface area (Å²) in [5.41, 5.74) is -0.709. The second kappa shape index (κ2) is 10.2. The first-order valence-electron chi connectivity index (χ1n) is 11.7. The maximum atomic E-state index is 13.4. The lowest BCUT2D eigenvalue weighted by Gasteiger charge is -2.15. The van der Waals surface area contributed by atoms with Crippen molar-refractivity contribution in [2.75, 3.05) is 24.9 Å². The zero-order chi connectivity index (χ0) is 28.6. The van der Waals surface area contributed by atoms with Gasteiger partial charge in [0, 0.05) is 28.3 Å². The molecule has 0 spiro atoms. The first-order valence-corrected chi connectivity index (χ1v) is 11.7. The molecule has 0 saturated heterocycles. The topological polar surface area (TPSA) is 105 Å². The Morgan fingerprint density at radius 2 is 1.55 bits per heavy atom. The monoisotopic (exact) mass is 552 g/mol. The van der Waals surface area contributed by atoms with Crippen LogP contribution in [0.1, 0.15) is 15.9 Å². The number of nitrogens with one attached hydrogen (secondary N) is 3. The average molecular weight is 552 g/mol. The van der Waals surface area contributed by atoms with Crippen LogP contribution in [0.15, 0.2) is 71.7 Å². The van der Waals surface area contributed by atoms with Crippen molar-refractivity contribution in [3.8, 4) is 11.5 Å². The van der Waals surface area contributed by atoms with E-state index in [0.717, 1.165) is 12.1 Å². The normalized spacial score (nSPS) is 11.4. The molecule has 0 saturated carbocycles. The third kappa shape index (κ3) is 4.98. The van der Waals surface area contributed by atoms with Crippen molar-refractivity contribution in [2.45, 2.75) is 6.18 Å². The first kappa shape index (κ1) is 26.5. The fraction of sp³-hybridized carbons (Fsp3) is 0.107. The van der Waals surface area contributed by atoms with E-state index < -0.39 is 29.0 Å². The number of benzene rings is 3. The molecule has 0 atom stereocenters. The SMILES string of the molecule is COc1cc2c(=O)[nH]c3nccc(Nc4ccc(NC(=O)c5ccc(F)cc5C(F)(F)F)cc4)c3c2cc1OC. The van der Waals surface area contributed by atoms with Crippen LogP contribution in [0.2, 0.25) is 0 Å². The van der Waals surface area contributed by atoms with Crippen LogP contribution in [-0.2, 0) is 6.18 Å². The zero-order valence-electron chi connectivity index (χ0n) is 20.9. The molecule has 2 aromatic heterocycles. The van der Waals surface area contributed by atoms with Crippen molar-refractivity contribution in [3.05, 3.63) is 94.2 Å². The molecule has 2 heterocycles. The number of methoxy groups -OCH3 is 2. The van der Waals surface area contributed by atoms with Crippen LogP contribution in [-0.4, -0.2) is 30.1 Å². The summed E-state index contributed by atoms with van der Waals surface area (Å²) in [4.78, 5) is 32.3. The number of carbonyl (C=O) groups is 1. The van der Waals surface area contributed by atoms with Crippen LogP contribution in [0.4, 0.5) is 34.6 Å². The van der Waals surface area contributed by atoms with Crippen LogP contribution in [0.25, 0.3) is 21.8 Å². The van der Waals surface area contributed by atoms with Gasteiger partial charge in [0.05, 0.1) is 36.4 Å². The second-order valence-electron chi connectivity index (χ2n) is 8.63. The predicted molar refractivity (Wildman–Crippen MR) is 142 cm³/mol. The molecule has 1 amide bonds. The molecular weight excluding hydrogens is 532 g/mol. The third-order valence-corrected chi connectivity index (χ3v) is 6.17. The predicted octanol–water partition coefficient (Wildman–Crippen LogP) is 6.25. The third-order valence-electron chi connectivity index (χ3n) is 6.17. The number of aromatic nitrogens is 2. The van der Waals surface area contributed by atoms with E-state index in [9.17, 15) is 27.2 Å². The van der Waals surface area contributed by atoms with Crippen molar-refractivity contribution >= 4 is 44.8 Å². The summed E-state index contributed by atoms with van der Waals surface area (Å²) >= 11 is 0. The minimum Gasteiger partial charge on any atom is -0.493 e. The molecule has 0 unspecified atom stereocenters. The summed E-state index contributed by atoms with van der Waals surface area (Å²) in [5, 5.41) is 7.16. The summed E-state index contributed by atoms with van der Waals surface area (Å²) in [7, 11) is 2.95. The average Bonchev–Trinajstić information content (AvgIpc) is 2.93. The number of H-pyrrole nitrogens is 1. The standard InChI is InChI=1S/C28H20F4N4O4/c1-39-22-12-18-19(13-23(22)40-2)27(38)36-25-24(18)21(9-10-33-25)34-15-4-6-16(7-5-15)35-26(37)17-8-3-14(29)11-20(17)28(30,31)32/h3-13H,1-2H3,(H,35,37)(H2,33,34,36,38). The highest BCUT2D eigenvalue weighted by molar-refractivity contribution is 6.12. The van der Waals surface area contributed by atoms with Crippen LogP contribution in [0.5, 0.6) is 11.5 Å². The Balaban J connectivity index is 1.46. The highest BCUT2D eigenvalue weighted by Crippen LogP contribution is 2.37. The second-order valence-corrected chi connectivity index (χ2v) is 8.63. The number of hydrogen-bond acceptors (Lipinski definition) is 6. The number of nitrogens with zero attached hydrogens (tertiary/aromatic N) is 1. The Labute approximate surface area is 223 Å². The number of amides is 1. The van der Waals surface area contributed by atoms with E-state index in [1.165, 1.54) is 32.5 Å². The van der Waals surface area contributed by atoms with E-state index in [-0.39, 0.29) is 17.3 Å². The Morgan fingerprint density at radius 1 is 0.900 bits per heavy atom. The molecule has 0 fully saturated rings. The minimum absolute atomic E-state index is 0.221. The van der Waals surface area contributed by atoms with Gasteiger partial charge in [-0.1, -0.05) is 0 Å². The number of alkyl halides is 3. The van der Waals surface area contributed by atoms with Gasteiger partial charge >= 0.3 is 6.18 Å². The molecule has 0 aliphatic rings. The molecule has 3 N–H and O–H groups in total. The fourth-order valence-corrected chi connectivity index (χ4v) is 4.32. The van der Waals surface area contributed by atoms with Gasteiger partial charge in [-0.05, 0) is 60.7 Å². The summed E-state index contributed by atoms with van der Waals surface area (Å²) in [6, 6.07) is 13.0. The zero-order valence-corrected chi connectivity index (χ0v) is 20.9. The van der Waals surface area contributed by atoms with Gasteiger partial charge in [-0.3, -0.25) is 9.59 Å². The largest absolute Gasteiger partial charge is 0.493 e. The smallest absolute Gasteiger partial charge is 0.417 e. The molecule has 8 nitrogen and oxygen atoms in total. The van der Waals surface area contributed by atoms with Gasteiger partial charge in [0.15, 0.2) is 11.5 Å². The van der Waals surface area contributed by atoms with Gasteiger partial charge in [-0.25, -0.2) is 9.37 Å². The van der Waals surface area contributed by atoms with Crippen LogP contribution in [0.3, 0.4) is 0 Å². The molecule has 204 valence electrons. The Hall–Kier alpha value is -5.13. The molecule has 0 aliphatic carbocycles. The molecule has 0 radical (unpaired) electrons. The van der Waals surface area contributed by atoms with Crippen molar-refractivity contribution in [2.24, 2.45) is 0 Å². The summed E-state index contributed by atoms with van der Waals surface area (Å²) in [6.45, 7) is 0. The number of aromatic amines is 1. The van der Waals surface area contributed by atoms with E-state index >= 15 is 0 Å². The van der Waals surface area contributed by atoms with Gasteiger partial charge in [0.2, 0.25) is 0 Å². The summed E-state index contributed by atoms with van der Waals surface area (Å²) < 4.78 is 64.0. The Bertz CT molecular complexity index is 1820. The molecule has 5 aromatic rings. The highest BCUT2D eigenvalue weighted by atomic mass is 19.4. The molecule has 0 bridgehead atoms. The lowest BCUT2D eigenvalue weighted by molar-refractivity contribution is -0.138. The number of carbonyl (C=O) groups excluding carboxylic acids is 1. The van der Waals surface area contributed by atoms with Crippen molar-refractivity contribution in [1.82, 2.24) is 9.97 Å². The van der Waals surface area contributed by atoms with Crippen molar-refractivity contribution in [1.29, 1.82) is 0 Å². The van der Waals surface area contributed by atoms with E-state index in [0.29, 0.717) is 44.7 Å². The summed E-state index contributed by atoms with van der Waals surface area (Å²) in [5.74, 6) is -1.32. The van der Waals surface area contributed by atoms with Gasteiger partial charge in [0.1, 0.15) is 11.5 Å². The van der Waals surface area contributed by atoms with E-state index in [1.807, 2.05) is 0 Å². The number of rotatable bonds is 6. The molecule has 12 heteroatoms. The Kier molecular flexibility index (Phi) is 6.76. The van der Waals surface area contributed by atoms with E-state index in [4.69, 9.17) is 9.47 Å². The van der Waals surface area contributed by atoms with E-state index in [2.05, 4.69) is 20.6 Å². The number of fused-ring (bicyclic) bond motifs is 3. The van der Waals surface area contributed by atoms with Gasteiger partial charge in [-0.2, -0.15) is 13.2 Å². The van der Waals surface area contributed by atoms with Crippen LogP contribution in [0, 0.1) is 5.82 Å². The maximum Gasteiger partial charge on any atom is 0.417 e. The fourth-order valence-electron chi connectivity index (χ4n) is 4.32. The maximum absolute atomic E-state index is 13.4. The first-order chi connectivity index (χ1) is 19.1. The number of anilines is 3. The number of hydrogen-bond donors (Lipinski definition) is 3. The number of halogens is 4. The highest BCUT2D eigenvalue weighted by Gasteiger charge is 2.35. The quantitative estimate of drug-likeness (QED) is 0.170. The van der Waals surface area contributed by atoms with Gasteiger partial charge in [-0.15, -0.1) is 0 Å².